The molecule has 6 nitrogen and oxygen atoms in total. The first-order valence-electron chi connectivity index (χ1n) is 10.4. The monoisotopic (exact) mass is 407 g/mol. The van der Waals surface area contributed by atoms with Crippen molar-refractivity contribution in [1.29, 1.82) is 0 Å². The molecular formula is C21H33N3O3S. The van der Waals surface area contributed by atoms with Crippen LogP contribution in [0.3, 0.4) is 0 Å². The molecule has 1 aromatic rings. The van der Waals surface area contributed by atoms with Crippen LogP contribution < -0.4 is 0 Å². The van der Waals surface area contributed by atoms with Crippen LogP contribution in [0.5, 0.6) is 0 Å². The highest BCUT2D eigenvalue weighted by Crippen LogP contribution is 2.22. The van der Waals surface area contributed by atoms with Crippen molar-refractivity contribution in [2.75, 3.05) is 39.3 Å². The fourth-order valence-corrected chi connectivity index (χ4v) is 4.69. The van der Waals surface area contributed by atoms with E-state index in [-0.39, 0.29) is 12.0 Å². The number of likely N-dealkylation sites (tertiary alicyclic amines) is 1. The van der Waals surface area contributed by atoms with Gasteiger partial charge in [-0.2, -0.15) is 0 Å². The van der Waals surface area contributed by atoms with E-state index in [9.17, 15) is 9.59 Å². The second kappa shape index (κ2) is 9.27. The number of piperazine rings is 1. The molecule has 7 heteroatoms. The molecule has 0 radical (unpaired) electrons. The molecule has 3 heterocycles. The summed E-state index contributed by atoms with van der Waals surface area (Å²) in [7, 11) is 0. The Balaban J connectivity index is 1.50. The predicted molar refractivity (Wildman–Crippen MR) is 112 cm³/mol. The summed E-state index contributed by atoms with van der Waals surface area (Å²) in [6.07, 6.45) is 4.92. The van der Waals surface area contributed by atoms with Gasteiger partial charge in [-0.1, -0.05) is 12.8 Å². The molecular weight excluding hydrogens is 374 g/mol. The predicted octanol–water partition coefficient (Wildman–Crippen LogP) is 3.82. The van der Waals surface area contributed by atoms with Crippen LogP contribution in [-0.2, 0) is 11.3 Å². The van der Waals surface area contributed by atoms with E-state index < -0.39 is 5.60 Å². The van der Waals surface area contributed by atoms with E-state index in [0.717, 1.165) is 24.5 Å². The number of thiophene rings is 1. The fraction of sp³-hybridized carbons (Fsp3) is 0.714. The minimum atomic E-state index is -0.495. The largest absolute Gasteiger partial charge is 0.444 e. The van der Waals surface area contributed by atoms with Crippen LogP contribution in [-0.4, -0.2) is 71.6 Å². The van der Waals surface area contributed by atoms with Gasteiger partial charge >= 0.3 is 6.09 Å². The van der Waals surface area contributed by atoms with Crippen molar-refractivity contribution in [3.8, 4) is 0 Å². The molecule has 2 saturated heterocycles. The molecule has 0 bridgehead atoms. The van der Waals surface area contributed by atoms with Gasteiger partial charge in [0.2, 0.25) is 0 Å². The highest BCUT2D eigenvalue weighted by atomic mass is 32.1. The van der Waals surface area contributed by atoms with Crippen LogP contribution in [0.4, 0.5) is 4.79 Å². The first-order chi connectivity index (χ1) is 13.3. The number of nitrogens with zero attached hydrogens (tertiary/aromatic N) is 3. The van der Waals surface area contributed by atoms with Crippen molar-refractivity contribution in [1.82, 2.24) is 14.7 Å². The number of hydrogen-bond acceptors (Lipinski definition) is 5. The SMILES string of the molecule is CC(C)(C)OC(=O)N1CCN(C(=O)c2ccc(CN3CCCCCC3)s2)CC1. The molecule has 2 aliphatic heterocycles. The summed E-state index contributed by atoms with van der Waals surface area (Å²) in [6.45, 7) is 11.0. The molecule has 3 rings (SSSR count). The lowest BCUT2D eigenvalue weighted by Gasteiger charge is -2.35. The van der Waals surface area contributed by atoms with E-state index in [2.05, 4.69) is 11.0 Å². The van der Waals surface area contributed by atoms with Gasteiger partial charge in [0.15, 0.2) is 0 Å². The summed E-state index contributed by atoms with van der Waals surface area (Å²) in [4.78, 5) is 33.1. The van der Waals surface area contributed by atoms with Crippen molar-refractivity contribution in [3.05, 3.63) is 21.9 Å². The normalized spacial score (nSPS) is 19.4. The maximum Gasteiger partial charge on any atom is 0.410 e. The summed E-state index contributed by atoms with van der Waals surface area (Å²) in [5, 5.41) is 0. The first-order valence-corrected chi connectivity index (χ1v) is 11.2. The molecule has 0 aromatic carbocycles. The van der Waals surface area contributed by atoms with E-state index in [4.69, 9.17) is 4.74 Å². The highest BCUT2D eigenvalue weighted by Gasteiger charge is 2.28. The van der Waals surface area contributed by atoms with Gasteiger partial charge in [-0.05, 0) is 58.8 Å². The quantitative estimate of drug-likeness (QED) is 0.764. The van der Waals surface area contributed by atoms with Gasteiger partial charge in [-0.15, -0.1) is 11.3 Å². The van der Waals surface area contributed by atoms with E-state index in [1.165, 1.54) is 30.6 Å². The molecule has 0 unspecified atom stereocenters. The van der Waals surface area contributed by atoms with Crippen LogP contribution in [0.15, 0.2) is 12.1 Å². The zero-order valence-corrected chi connectivity index (χ0v) is 18.2. The van der Waals surface area contributed by atoms with Crippen molar-refractivity contribution in [3.63, 3.8) is 0 Å². The van der Waals surface area contributed by atoms with Gasteiger partial charge in [0.1, 0.15) is 5.60 Å². The van der Waals surface area contributed by atoms with Crippen molar-refractivity contribution in [2.24, 2.45) is 0 Å². The number of ether oxygens (including phenoxy) is 1. The number of rotatable bonds is 3. The summed E-state index contributed by atoms with van der Waals surface area (Å²) < 4.78 is 5.42. The van der Waals surface area contributed by atoms with Gasteiger partial charge in [0.25, 0.3) is 5.91 Å². The van der Waals surface area contributed by atoms with Gasteiger partial charge < -0.3 is 14.5 Å². The zero-order valence-electron chi connectivity index (χ0n) is 17.4. The maximum atomic E-state index is 12.9. The molecule has 0 spiro atoms. The fourth-order valence-electron chi connectivity index (χ4n) is 3.67. The molecule has 1 aromatic heterocycles. The lowest BCUT2D eigenvalue weighted by Crippen LogP contribution is -2.51. The molecule has 156 valence electrons. The van der Waals surface area contributed by atoms with Gasteiger partial charge in [0, 0.05) is 37.6 Å². The number of carbonyl (C=O) groups excluding carboxylic acids is 2. The smallest absolute Gasteiger partial charge is 0.410 e. The summed E-state index contributed by atoms with van der Waals surface area (Å²) in [5.74, 6) is 0.0796. The third-order valence-corrected chi connectivity index (χ3v) is 6.23. The lowest BCUT2D eigenvalue weighted by molar-refractivity contribution is 0.0141. The molecule has 28 heavy (non-hydrogen) atoms. The van der Waals surface area contributed by atoms with E-state index in [1.54, 1.807) is 16.2 Å². The molecule has 0 N–H and O–H groups in total. The molecule has 2 aliphatic rings. The van der Waals surface area contributed by atoms with Crippen LogP contribution in [0, 0.1) is 0 Å². The molecule has 2 amide bonds. The summed E-state index contributed by atoms with van der Waals surface area (Å²) >= 11 is 1.61. The number of hydrogen-bond donors (Lipinski definition) is 0. The number of amides is 2. The third-order valence-electron chi connectivity index (χ3n) is 5.17. The van der Waals surface area contributed by atoms with Crippen molar-refractivity contribution in [2.45, 2.75) is 58.6 Å². The lowest BCUT2D eigenvalue weighted by atomic mass is 10.2. The highest BCUT2D eigenvalue weighted by molar-refractivity contribution is 7.14. The van der Waals surface area contributed by atoms with Gasteiger partial charge in [-0.3, -0.25) is 9.69 Å². The second-order valence-electron chi connectivity index (χ2n) is 8.72. The molecule has 0 saturated carbocycles. The minimum absolute atomic E-state index is 0.0796. The van der Waals surface area contributed by atoms with Crippen molar-refractivity contribution >= 4 is 23.3 Å². The summed E-state index contributed by atoms with van der Waals surface area (Å²) in [6, 6.07) is 4.06. The van der Waals surface area contributed by atoms with Crippen LogP contribution in [0.2, 0.25) is 0 Å². The Morgan fingerprint density at radius 3 is 2.14 bits per heavy atom. The van der Waals surface area contributed by atoms with E-state index >= 15 is 0 Å². The van der Waals surface area contributed by atoms with Crippen LogP contribution in [0.1, 0.15) is 61.0 Å². The maximum absolute atomic E-state index is 12.9. The average molecular weight is 408 g/mol. The standard InChI is InChI=1S/C21H33N3O3S/c1-21(2,3)27-20(26)24-14-12-23(13-15-24)19(25)18-9-8-17(28-18)16-22-10-6-4-5-7-11-22/h8-9H,4-7,10-16H2,1-3H3. The Bertz CT molecular complexity index is 667. The van der Waals surface area contributed by atoms with Crippen LogP contribution in [0.25, 0.3) is 0 Å². The Hall–Kier alpha value is -1.60. The number of carbonyl (C=O) groups is 2. The molecule has 0 atom stereocenters. The van der Waals surface area contributed by atoms with Crippen LogP contribution >= 0.6 is 11.3 Å². The van der Waals surface area contributed by atoms with Gasteiger partial charge in [-0.25, -0.2) is 4.79 Å². The minimum Gasteiger partial charge on any atom is -0.444 e. The Morgan fingerprint density at radius 2 is 1.54 bits per heavy atom. The average Bonchev–Trinajstić information content (AvgIpc) is 2.95. The van der Waals surface area contributed by atoms with E-state index in [0.29, 0.717) is 26.2 Å². The van der Waals surface area contributed by atoms with E-state index in [1.807, 2.05) is 31.7 Å². The second-order valence-corrected chi connectivity index (χ2v) is 9.88. The Labute approximate surface area is 172 Å². The van der Waals surface area contributed by atoms with Gasteiger partial charge in [0.05, 0.1) is 4.88 Å². The molecule has 0 aliphatic carbocycles. The van der Waals surface area contributed by atoms with Crippen molar-refractivity contribution < 1.29 is 14.3 Å². The first kappa shape index (κ1) is 21.1. The topological polar surface area (TPSA) is 53.1 Å². The summed E-state index contributed by atoms with van der Waals surface area (Å²) in [5.41, 5.74) is -0.495. The molecule has 2 fully saturated rings. The Morgan fingerprint density at radius 1 is 0.929 bits per heavy atom. The Kier molecular flexibility index (Phi) is 6.99. The zero-order chi connectivity index (χ0) is 20.1. The third kappa shape index (κ3) is 5.95.